The predicted molar refractivity (Wildman–Crippen MR) is 80.8 cm³/mol. The largest absolute Gasteiger partial charge is 0.493 e. The van der Waals surface area contributed by atoms with Crippen LogP contribution in [0.15, 0.2) is 22.7 Å². The van der Waals surface area contributed by atoms with Crippen molar-refractivity contribution < 1.29 is 14.3 Å². The molecule has 5 heteroatoms. The summed E-state index contributed by atoms with van der Waals surface area (Å²) in [4.78, 5) is 12.0. The second kappa shape index (κ2) is 7.09. The Morgan fingerprint density at radius 2 is 2.40 bits per heavy atom. The summed E-state index contributed by atoms with van der Waals surface area (Å²) in [6.07, 6.45) is 2.12. The van der Waals surface area contributed by atoms with Crippen LogP contribution in [0.1, 0.15) is 37.8 Å². The first-order valence-corrected chi connectivity index (χ1v) is 7.64. The van der Waals surface area contributed by atoms with Crippen LogP contribution in [0.4, 0.5) is 0 Å². The molecular formula is C15H20BrNO3. The molecule has 0 radical (unpaired) electrons. The first-order valence-electron chi connectivity index (χ1n) is 6.84. The molecule has 1 aromatic carbocycles. The number of hydrogen-bond acceptors (Lipinski definition) is 3. The molecule has 0 unspecified atom stereocenters. The Kier molecular flexibility index (Phi) is 5.43. The quantitative estimate of drug-likeness (QED) is 0.894. The van der Waals surface area contributed by atoms with E-state index in [0.717, 1.165) is 28.6 Å². The minimum Gasteiger partial charge on any atom is -0.493 e. The highest BCUT2D eigenvalue weighted by molar-refractivity contribution is 9.10. The maximum atomic E-state index is 12.0. The van der Waals surface area contributed by atoms with Crippen molar-refractivity contribution in [2.45, 2.75) is 38.3 Å². The standard InChI is InChI=1S/C15H20BrNO3/c1-10(19-2)3-6-15(18)17-13-7-8-20-14-5-4-11(16)9-12(13)14/h4-5,9-10,13H,3,6-8H2,1-2H3,(H,17,18)/t10-,13+/m1/s1. The monoisotopic (exact) mass is 341 g/mol. The Morgan fingerprint density at radius 3 is 3.15 bits per heavy atom. The van der Waals surface area contributed by atoms with Crippen molar-refractivity contribution >= 4 is 21.8 Å². The SMILES string of the molecule is CO[C@H](C)CCC(=O)N[C@H]1CCOc2ccc(Br)cc21. The molecule has 0 fully saturated rings. The number of hydrogen-bond donors (Lipinski definition) is 1. The van der Waals surface area contributed by atoms with E-state index in [2.05, 4.69) is 21.2 Å². The number of halogens is 1. The zero-order valence-electron chi connectivity index (χ0n) is 11.8. The summed E-state index contributed by atoms with van der Waals surface area (Å²) in [5, 5.41) is 3.09. The lowest BCUT2D eigenvalue weighted by molar-refractivity contribution is -0.122. The lowest BCUT2D eigenvalue weighted by Crippen LogP contribution is -2.32. The van der Waals surface area contributed by atoms with Crippen molar-refractivity contribution in [2.75, 3.05) is 13.7 Å². The number of methoxy groups -OCH3 is 1. The Bertz CT molecular complexity index is 478. The fourth-order valence-electron chi connectivity index (χ4n) is 2.23. The minimum atomic E-state index is 0.0293. The molecule has 1 aromatic rings. The molecule has 1 aliphatic rings. The lowest BCUT2D eigenvalue weighted by Gasteiger charge is -2.27. The number of carbonyl (C=O) groups excluding carboxylic acids is 1. The van der Waals surface area contributed by atoms with E-state index in [4.69, 9.17) is 9.47 Å². The van der Waals surface area contributed by atoms with Crippen LogP contribution in [0, 0.1) is 0 Å². The molecule has 0 spiro atoms. The molecule has 1 amide bonds. The minimum absolute atomic E-state index is 0.0293. The number of rotatable bonds is 5. The highest BCUT2D eigenvalue weighted by Crippen LogP contribution is 2.34. The van der Waals surface area contributed by atoms with Crippen molar-refractivity contribution in [3.8, 4) is 5.75 Å². The average Bonchev–Trinajstić information content (AvgIpc) is 2.45. The molecule has 0 aliphatic carbocycles. The van der Waals surface area contributed by atoms with Crippen molar-refractivity contribution in [3.63, 3.8) is 0 Å². The van der Waals surface area contributed by atoms with Crippen molar-refractivity contribution in [3.05, 3.63) is 28.2 Å². The highest BCUT2D eigenvalue weighted by Gasteiger charge is 2.23. The van der Waals surface area contributed by atoms with Crippen LogP contribution in [0.5, 0.6) is 5.75 Å². The van der Waals surface area contributed by atoms with Crippen LogP contribution < -0.4 is 10.1 Å². The predicted octanol–water partition coefficient (Wildman–Crippen LogP) is 3.20. The number of amides is 1. The van der Waals surface area contributed by atoms with Gasteiger partial charge >= 0.3 is 0 Å². The van der Waals surface area contributed by atoms with Crippen molar-refractivity contribution in [2.24, 2.45) is 0 Å². The molecule has 4 nitrogen and oxygen atoms in total. The van der Waals surface area contributed by atoms with E-state index in [1.807, 2.05) is 25.1 Å². The van der Waals surface area contributed by atoms with Gasteiger partial charge in [0.25, 0.3) is 0 Å². The molecule has 0 bridgehead atoms. The van der Waals surface area contributed by atoms with Gasteiger partial charge in [0.1, 0.15) is 5.75 Å². The fraction of sp³-hybridized carbons (Fsp3) is 0.533. The van der Waals surface area contributed by atoms with Crippen molar-refractivity contribution in [1.29, 1.82) is 0 Å². The third-order valence-corrected chi connectivity index (χ3v) is 4.02. The molecule has 0 saturated carbocycles. The molecular weight excluding hydrogens is 322 g/mol. The van der Waals surface area contributed by atoms with Gasteiger partial charge in [-0.05, 0) is 31.5 Å². The summed E-state index contributed by atoms with van der Waals surface area (Å²) in [6.45, 7) is 2.60. The Labute approximate surface area is 128 Å². The van der Waals surface area contributed by atoms with Gasteiger partial charge in [-0.15, -0.1) is 0 Å². The molecule has 0 aromatic heterocycles. The first kappa shape index (κ1) is 15.3. The third kappa shape index (κ3) is 3.96. The summed E-state index contributed by atoms with van der Waals surface area (Å²) in [5.41, 5.74) is 1.04. The molecule has 2 atom stereocenters. The van der Waals surface area contributed by atoms with Gasteiger partial charge in [0, 0.05) is 30.0 Å². The summed E-state index contributed by atoms with van der Waals surface area (Å²) < 4.78 is 11.8. The second-order valence-electron chi connectivity index (χ2n) is 5.02. The van der Waals surface area contributed by atoms with Gasteiger partial charge in [-0.2, -0.15) is 0 Å². The van der Waals surface area contributed by atoms with Crippen molar-refractivity contribution in [1.82, 2.24) is 5.32 Å². The number of fused-ring (bicyclic) bond motifs is 1. The average molecular weight is 342 g/mol. The normalized spacial score (nSPS) is 18.9. The van der Waals surface area contributed by atoms with E-state index in [0.29, 0.717) is 13.0 Å². The first-order chi connectivity index (χ1) is 9.60. The molecule has 0 saturated heterocycles. The summed E-state index contributed by atoms with van der Waals surface area (Å²) in [7, 11) is 1.66. The number of carbonyl (C=O) groups is 1. The maximum absolute atomic E-state index is 12.0. The van der Waals surface area contributed by atoms with Gasteiger partial charge in [0.2, 0.25) is 5.91 Å². The van der Waals surface area contributed by atoms with Gasteiger partial charge in [0.05, 0.1) is 18.8 Å². The molecule has 110 valence electrons. The maximum Gasteiger partial charge on any atom is 0.220 e. The number of ether oxygens (including phenoxy) is 2. The van der Waals surface area contributed by atoms with Gasteiger partial charge in [-0.1, -0.05) is 15.9 Å². The molecule has 1 aliphatic heterocycles. The smallest absolute Gasteiger partial charge is 0.220 e. The van der Waals surface area contributed by atoms with E-state index in [9.17, 15) is 4.79 Å². The van der Waals surface area contributed by atoms with Crippen LogP contribution in [-0.2, 0) is 9.53 Å². The Hall–Kier alpha value is -1.07. The summed E-state index contributed by atoms with van der Waals surface area (Å²) in [6, 6.07) is 5.92. The van der Waals surface area contributed by atoms with Crippen LogP contribution >= 0.6 is 15.9 Å². The zero-order chi connectivity index (χ0) is 14.5. The van der Waals surface area contributed by atoms with E-state index in [1.165, 1.54) is 0 Å². The van der Waals surface area contributed by atoms with Crippen LogP contribution in [0.2, 0.25) is 0 Å². The van der Waals surface area contributed by atoms with E-state index in [1.54, 1.807) is 7.11 Å². The lowest BCUT2D eigenvalue weighted by atomic mass is 10.0. The van der Waals surface area contributed by atoms with Gasteiger partial charge in [0.15, 0.2) is 0 Å². The molecule has 2 rings (SSSR count). The number of nitrogens with one attached hydrogen (secondary N) is 1. The van der Waals surface area contributed by atoms with Crippen LogP contribution in [-0.4, -0.2) is 25.7 Å². The molecule has 1 heterocycles. The van der Waals surface area contributed by atoms with Gasteiger partial charge < -0.3 is 14.8 Å². The summed E-state index contributed by atoms with van der Waals surface area (Å²) >= 11 is 3.46. The Morgan fingerprint density at radius 1 is 1.60 bits per heavy atom. The van der Waals surface area contributed by atoms with Gasteiger partial charge in [-0.3, -0.25) is 4.79 Å². The van der Waals surface area contributed by atoms with E-state index < -0.39 is 0 Å². The van der Waals surface area contributed by atoms with Crippen LogP contribution in [0.25, 0.3) is 0 Å². The molecule has 20 heavy (non-hydrogen) atoms. The van der Waals surface area contributed by atoms with Gasteiger partial charge in [-0.25, -0.2) is 0 Å². The second-order valence-corrected chi connectivity index (χ2v) is 5.94. The number of benzene rings is 1. The fourth-order valence-corrected chi connectivity index (χ4v) is 2.61. The van der Waals surface area contributed by atoms with E-state index in [-0.39, 0.29) is 18.1 Å². The zero-order valence-corrected chi connectivity index (χ0v) is 13.4. The third-order valence-electron chi connectivity index (χ3n) is 3.53. The topological polar surface area (TPSA) is 47.6 Å². The molecule has 1 N–H and O–H groups in total. The summed E-state index contributed by atoms with van der Waals surface area (Å²) in [5.74, 6) is 0.918. The Balaban J connectivity index is 1.97. The highest BCUT2D eigenvalue weighted by atomic mass is 79.9. The van der Waals surface area contributed by atoms with E-state index >= 15 is 0 Å². The van der Waals surface area contributed by atoms with Crippen LogP contribution in [0.3, 0.4) is 0 Å².